The smallest absolute Gasteiger partial charge is 0.269 e. The number of non-ortho nitro benzene ring substituents is 1. The zero-order valence-corrected chi connectivity index (χ0v) is 23.7. The molecule has 2 heterocycles. The maximum atomic E-state index is 13.8. The van der Waals surface area contributed by atoms with Crippen LogP contribution in [0.4, 0.5) is 22.7 Å². The topological polar surface area (TPSA) is 108 Å². The standard InChI is InChI=1S/C32H35N5O5/c1-42-30-8-4-3-7-29(30)35-21-19-34(20-22-35)28-15-12-25(23-27(28)32(39)36-17-5-2-6-18-36)33-31(38)16-11-24-9-13-26(14-10-24)37(40)41/h3-4,7-16,23H,2,5-6,17-22H2,1H3,(H,33,38)/b16-11+. The largest absolute Gasteiger partial charge is 0.495 e. The molecule has 0 saturated carbocycles. The van der Waals surface area contributed by atoms with Gasteiger partial charge in [0, 0.05) is 68.9 Å². The summed E-state index contributed by atoms with van der Waals surface area (Å²) >= 11 is 0. The van der Waals surface area contributed by atoms with Gasteiger partial charge in [0.05, 0.1) is 23.3 Å². The summed E-state index contributed by atoms with van der Waals surface area (Å²) in [6.07, 6.45) is 6.07. The Morgan fingerprint density at radius 2 is 1.52 bits per heavy atom. The van der Waals surface area contributed by atoms with Crippen molar-refractivity contribution in [2.75, 3.05) is 61.5 Å². The van der Waals surface area contributed by atoms with Crippen molar-refractivity contribution in [3.63, 3.8) is 0 Å². The molecule has 2 fully saturated rings. The number of benzene rings is 3. The minimum absolute atomic E-state index is 0.0104. The number of hydrogen-bond donors (Lipinski definition) is 1. The van der Waals surface area contributed by atoms with Gasteiger partial charge in [0.2, 0.25) is 5.91 Å². The van der Waals surface area contributed by atoms with E-state index in [0.29, 0.717) is 16.8 Å². The number of para-hydroxylation sites is 2. The number of hydrogen-bond acceptors (Lipinski definition) is 7. The lowest BCUT2D eigenvalue weighted by atomic mass is 10.1. The lowest BCUT2D eigenvalue weighted by Gasteiger charge is -2.39. The van der Waals surface area contributed by atoms with Crippen molar-refractivity contribution in [3.8, 4) is 5.75 Å². The first-order valence-corrected chi connectivity index (χ1v) is 14.2. The summed E-state index contributed by atoms with van der Waals surface area (Å²) in [6.45, 7) is 4.50. The van der Waals surface area contributed by atoms with Crippen LogP contribution in [0, 0.1) is 10.1 Å². The molecular formula is C32H35N5O5. The molecule has 2 saturated heterocycles. The maximum absolute atomic E-state index is 13.8. The third-order valence-corrected chi connectivity index (χ3v) is 7.72. The molecule has 10 nitrogen and oxygen atoms in total. The maximum Gasteiger partial charge on any atom is 0.269 e. The van der Waals surface area contributed by atoms with Gasteiger partial charge in [0.1, 0.15) is 5.75 Å². The molecule has 0 radical (unpaired) electrons. The molecule has 5 rings (SSSR count). The summed E-state index contributed by atoms with van der Waals surface area (Å²) in [5.74, 6) is 0.465. The minimum atomic E-state index is -0.465. The molecule has 0 spiro atoms. The first kappa shape index (κ1) is 28.7. The Balaban J connectivity index is 1.32. The number of nitro groups is 1. The van der Waals surface area contributed by atoms with E-state index in [2.05, 4.69) is 21.2 Å². The van der Waals surface area contributed by atoms with E-state index in [1.54, 1.807) is 31.4 Å². The van der Waals surface area contributed by atoms with Crippen LogP contribution in [0.3, 0.4) is 0 Å². The summed E-state index contributed by atoms with van der Waals surface area (Å²) in [4.78, 5) is 43.3. The average molecular weight is 570 g/mol. The monoisotopic (exact) mass is 569 g/mol. The van der Waals surface area contributed by atoms with Crippen molar-refractivity contribution < 1.29 is 19.2 Å². The summed E-state index contributed by atoms with van der Waals surface area (Å²) in [7, 11) is 1.68. The second kappa shape index (κ2) is 13.2. The number of rotatable bonds is 8. The first-order chi connectivity index (χ1) is 20.4. The molecule has 3 aromatic carbocycles. The Bertz CT molecular complexity index is 1460. The number of piperazine rings is 1. The SMILES string of the molecule is COc1ccccc1N1CCN(c2ccc(NC(=O)/C=C/c3ccc([N+](=O)[O-])cc3)cc2C(=O)N2CCCCC2)CC1. The normalized spacial score (nSPS) is 15.5. The minimum Gasteiger partial charge on any atom is -0.495 e. The predicted octanol–water partition coefficient (Wildman–Crippen LogP) is 5.21. The van der Waals surface area contributed by atoms with Crippen LogP contribution < -0.4 is 19.9 Å². The number of carbonyl (C=O) groups excluding carboxylic acids is 2. The number of methoxy groups -OCH3 is 1. The van der Waals surface area contributed by atoms with Gasteiger partial charge in [-0.15, -0.1) is 0 Å². The van der Waals surface area contributed by atoms with Gasteiger partial charge in [-0.1, -0.05) is 12.1 Å². The highest BCUT2D eigenvalue weighted by Gasteiger charge is 2.26. The van der Waals surface area contributed by atoms with Gasteiger partial charge < -0.3 is 24.8 Å². The van der Waals surface area contributed by atoms with Crippen LogP contribution >= 0.6 is 0 Å². The fourth-order valence-corrected chi connectivity index (χ4v) is 5.47. The van der Waals surface area contributed by atoms with Gasteiger partial charge in [-0.25, -0.2) is 0 Å². The number of nitro benzene ring substituents is 1. The number of nitrogens with one attached hydrogen (secondary N) is 1. The Labute approximate surface area is 245 Å². The molecule has 2 aliphatic rings. The summed E-state index contributed by atoms with van der Waals surface area (Å²) in [6, 6.07) is 19.5. The number of piperidine rings is 1. The van der Waals surface area contributed by atoms with Gasteiger partial charge in [-0.3, -0.25) is 19.7 Å². The lowest BCUT2D eigenvalue weighted by molar-refractivity contribution is -0.384. The lowest BCUT2D eigenvalue weighted by Crippen LogP contribution is -2.47. The average Bonchev–Trinajstić information content (AvgIpc) is 3.04. The zero-order chi connectivity index (χ0) is 29.5. The van der Waals surface area contributed by atoms with Crippen LogP contribution in [0.15, 0.2) is 72.8 Å². The Morgan fingerprint density at radius 3 is 2.19 bits per heavy atom. The Kier molecular flexibility index (Phi) is 9.01. The van der Waals surface area contributed by atoms with E-state index in [9.17, 15) is 19.7 Å². The van der Waals surface area contributed by atoms with Crippen molar-refractivity contribution >= 4 is 40.6 Å². The summed E-state index contributed by atoms with van der Waals surface area (Å²) in [5, 5.41) is 13.7. The molecule has 0 bridgehead atoms. The van der Waals surface area contributed by atoms with E-state index in [0.717, 1.165) is 75.7 Å². The van der Waals surface area contributed by atoms with Crippen molar-refractivity contribution in [2.45, 2.75) is 19.3 Å². The van der Waals surface area contributed by atoms with Crippen LogP contribution in [0.25, 0.3) is 6.08 Å². The van der Waals surface area contributed by atoms with Gasteiger partial charge in [-0.2, -0.15) is 0 Å². The van der Waals surface area contributed by atoms with Crippen LogP contribution in [0.5, 0.6) is 5.75 Å². The van der Waals surface area contributed by atoms with Crippen molar-refractivity contribution in [1.82, 2.24) is 4.90 Å². The van der Waals surface area contributed by atoms with Crippen LogP contribution in [0.1, 0.15) is 35.2 Å². The number of carbonyl (C=O) groups is 2. The van der Waals surface area contributed by atoms with Crippen molar-refractivity contribution in [3.05, 3.63) is 94.0 Å². The Morgan fingerprint density at radius 1 is 0.857 bits per heavy atom. The highest BCUT2D eigenvalue weighted by atomic mass is 16.6. The molecule has 0 aliphatic carbocycles. The zero-order valence-electron chi connectivity index (χ0n) is 23.7. The molecule has 3 aromatic rings. The molecule has 0 unspecified atom stereocenters. The molecule has 1 N–H and O–H groups in total. The van der Waals surface area contributed by atoms with Crippen molar-refractivity contribution in [1.29, 1.82) is 0 Å². The van der Waals surface area contributed by atoms with Crippen LogP contribution in [-0.4, -0.2) is 68.0 Å². The molecule has 0 aromatic heterocycles. The van der Waals surface area contributed by atoms with E-state index in [4.69, 9.17) is 4.74 Å². The van der Waals surface area contributed by atoms with Crippen molar-refractivity contribution in [2.24, 2.45) is 0 Å². The van der Waals surface area contributed by atoms with E-state index in [1.807, 2.05) is 35.2 Å². The van der Waals surface area contributed by atoms with Gasteiger partial charge in [0.15, 0.2) is 0 Å². The van der Waals surface area contributed by atoms with Gasteiger partial charge in [-0.05, 0) is 73.4 Å². The molecule has 2 aliphatic heterocycles. The third kappa shape index (κ3) is 6.71. The van der Waals surface area contributed by atoms with E-state index in [-0.39, 0.29) is 17.5 Å². The number of likely N-dealkylation sites (tertiary alicyclic amines) is 1. The fourth-order valence-electron chi connectivity index (χ4n) is 5.47. The third-order valence-electron chi connectivity index (χ3n) is 7.72. The highest BCUT2D eigenvalue weighted by Crippen LogP contribution is 2.32. The molecule has 42 heavy (non-hydrogen) atoms. The van der Waals surface area contributed by atoms with E-state index < -0.39 is 4.92 Å². The Hall–Kier alpha value is -4.86. The predicted molar refractivity (Wildman–Crippen MR) is 164 cm³/mol. The van der Waals surface area contributed by atoms with Crippen LogP contribution in [0.2, 0.25) is 0 Å². The van der Waals surface area contributed by atoms with Crippen LogP contribution in [-0.2, 0) is 4.79 Å². The fraction of sp³-hybridized carbons (Fsp3) is 0.312. The molecule has 0 atom stereocenters. The number of nitrogens with zero attached hydrogens (tertiary/aromatic N) is 4. The molecule has 10 heteroatoms. The number of anilines is 3. The van der Waals surface area contributed by atoms with Gasteiger partial charge in [0.25, 0.3) is 11.6 Å². The molecule has 2 amide bonds. The molecular weight excluding hydrogens is 534 g/mol. The van der Waals surface area contributed by atoms with E-state index >= 15 is 0 Å². The number of ether oxygens (including phenoxy) is 1. The highest BCUT2D eigenvalue weighted by molar-refractivity contribution is 6.05. The molecule has 218 valence electrons. The van der Waals surface area contributed by atoms with Gasteiger partial charge >= 0.3 is 0 Å². The second-order valence-corrected chi connectivity index (χ2v) is 10.4. The quantitative estimate of drug-likeness (QED) is 0.225. The second-order valence-electron chi connectivity index (χ2n) is 10.4. The summed E-state index contributed by atoms with van der Waals surface area (Å²) < 4.78 is 5.56. The first-order valence-electron chi connectivity index (χ1n) is 14.2. The van der Waals surface area contributed by atoms with E-state index in [1.165, 1.54) is 18.2 Å². The summed E-state index contributed by atoms with van der Waals surface area (Å²) in [5.41, 5.74) is 3.70. The number of amides is 2.